The van der Waals surface area contributed by atoms with Crippen LogP contribution in [0.3, 0.4) is 0 Å². The van der Waals surface area contributed by atoms with E-state index in [-0.39, 0.29) is 0 Å². The third-order valence-electron chi connectivity index (χ3n) is 15.1. The highest BCUT2D eigenvalue weighted by Gasteiger charge is 2.57. The van der Waals surface area contributed by atoms with Gasteiger partial charge in [0.15, 0.2) is 8.07 Å². The van der Waals surface area contributed by atoms with E-state index in [0.29, 0.717) is 0 Å². The maximum absolute atomic E-state index is 6.94. The summed E-state index contributed by atoms with van der Waals surface area (Å²) in [5, 5.41) is 7.82. The van der Waals surface area contributed by atoms with Crippen molar-refractivity contribution in [3.8, 4) is 22.3 Å². The summed E-state index contributed by atoms with van der Waals surface area (Å²) in [4.78, 5) is 4.90. The van der Waals surface area contributed by atoms with Crippen molar-refractivity contribution in [2.24, 2.45) is 0 Å². The molecule has 0 atom stereocenters. The number of benzene rings is 11. The van der Waals surface area contributed by atoms with Gasteiger partial charge >= 0.3 is 0 Å². The van der Waals surface area contributed by atoms with Gasteiger partial charge in [0.1, 0.15) is 11.2 Å². The number of nitrogens with zero attached hydrogens (tertiary/aromatic N) is 1. The van der Waals surface area contributed by atoms with Crippen LogP contribution < -0.4 is 25.6 Å². The molecule has 0 bridgehead atoms. The predicted molar refractivity (Wildman–Crippen MR) is 299 cm³/mol. The first-order valence-corrected chi connectivity index (χ1v) is 27.2. The number of anilines is 3. The highest BCUT2D eigenvalue weighted by molar-refractivity contribution is 7.99. The summed E-state index contributed by atoms with van der Waals surface area (Å²) in [5.41, 5.74) is 14.4. The molecule has 1 spiro atoms. The minimum absolute atomic E-state index is 0.577. The molecule has 0 saturated heterocycles. The van der Waals surface area contributed by atoms with Crippen LogP contribution in [0.1, 0.15) is 22.3 Å². The number of para-hydroxylation sites is 1. The molecule has 14 rings (SSSR count). The van der Waals surface area contributed by atoms with Crippen LogP contribution in [0.4, 0.5) is 17.1 Å². The SMILES string of the molecule is c1ccc(-c2ccc(N(c3ccccc3)c3ccc4c(c3)oc3cc(-c5ccc6c(c5)C5(c7ccccc7Sc7ccccc75)c5ccccc5[Si]6(c5ccccc5)c5ccccc5)ccc34)cc2)cc1. The molecule has 2 aliphatic heterocycles. The Bertz CT molecular complexity index is 3880. The summed E-state index contributed by atoms with van der Waals surface area (Å²) in [5.74, 6) is 0. The van der Waals surface area contributed by atoms with E-state index < -0.39 is 13.5 Å². The molecular weight excluding hydrogens is 895 g/mol. The maximum atomic E-state index is 6.94. The number of hydrogen-bond acceptors (Lipinski definition) is 3. The standard InChI is InChI=1S/C67H45NOSSi/c1-5-19-46(20-6-1)47-33-37-51(38-34-47)68(50-21-7-2-8-22-50)52-39-41-56-55-40-35-49(44-61(55)69-62(56)45-52)48-36-42-66-60(43-48)67(57-27-13-16-30-63(57)70-64-31-17-14-28-58(64)67)59-29-15-18-32-65(59)71(66,53-23-9-3-10-24-53)54-25-11-4-12-26-54/h1-45H. The van der Waals surface area contributed by atoms with Crippen LogP contribution in [-0.2, 0) is 5.41 Å². The molecule has 0 N–H and O–H groups in total. The molecule has 0 fully saturated rings. The fourth-order valence-corrected chi connectivity index (χ4v) is 18.5. The first kappa shape index (κ1) is 41.5. The molecule has 1 aromatic heterocycles. The highest BCUT2D eigenvalue weighted by Crippen LogP contribution is 2.57. The number of furan rings is 1. The van der Waals surface area contributed by atoms with Gasteiger partial charge in [-0.2, -0.15) is 0 Å². The summed E-state index contributed by atoms with van der Waals surface area (Å²) in [6.07, 6.45) is 0. The smallest absolute Gasteiger partial charge is 0.180 e. The lowest BCUT2D eigenvalue weighted by molar-refractivity contribution is 0.669. The van der Waals surface area contributed by atoms with E-state index in [0.717, 1.165) is 50.1 Å². The summed E-state index contributed by atoms with van der Waals surface area (Å²) in [7, 11) is -2.93. The van der Waals surface area contributed by atoms with Gasteiger partial charge in [-0.15, -0.1) is 0 Å². The molecule has 0 saturated carbocycles. The predicted octanol–water partition coefficient (Wildman–Crippen LogP) is 14.9. The Morgan fingerprint density at radius 2 is 0.775 bits per heavy atom. The molecule has 4 heteroatoms. The van der Waals surface area contributed by atoms with E-state index in [2.05, 4.69) is 278 Å². The lowest BCUT2D eigenvalue weighted by Crippen LogP contribution is -2.79. The van der Waals surface area contributed by atoms with Crippen molar-refractivity contribution < 1.29 is 4.42 Å². The van der Waals surface area contributed by atoms with Gasteiger partial charge in [0.2, 0.25) is 0 Å². The average Bonchev–Trinajstić information content (AvgIpc) is 3.82. The normalized spacial score (nSPS) is 13.8. The first-order valence-electron chi connectivity index (χ1n) is 24.4. The molecule has 0 aliphatic carbocycles. The van der Waals surface area contributed by atoms with Crippen molar-refractivity contribution in [3.05, 3.63) is 295 Å². The van der Waals surface area contributed by atoms with Gasteiger partial charge in [0.25, 0.3) is 0 Å². The fraction of sp³-hybridized carbons (Fsp3) is 0.0149. The Morgan fingerprint density at radius 1 is 0.324 bits per heavy atom. The second-order valence-electron chi connectivity index (χ2n) is 18.7. The molecular formula is C67H45NOSSi. The summed E-state index contributed by atoms with van der Waals surface area (Å²) in [6, 6.07) is 101. The Morgan fingerprint density at radius 3 is 1.44 bits per heavy atom. The molecule has 334 valence electrons. The van der Waals surface area contributed by atoms with E-state index in [1.165, 1.54) is 63.9 Å². The van der Waals surface area contributed by atoms with Crippen LogP contribution in [0.15, 0.2) is 287 Å². The average molecular weight is 940 g/mol. The molecule has 2 nitrogen and oxygen atoms in total. The summed E-state index contributed by atoms with van der Waals surface area (Å²) < 4.78 is 6.94. The van der Waals surface area contributed by atoms with Gasteiger partial charge < -0.3 is 9.32 Å². The van der Waals surface area contributed by atoms with Crippen molar-refractivity contribution in [1.82, 2.24) is 0 Å². The number of fused-ring (bicyclic) bond motifs is 11. The van der Waals surface area contributed by atoms with E-state index >= 15 is 0 Å². The van der Waals surface area contributed by atoms with Gasteiger partial charge in [-0.25, -0.2) is 0 Å². The molecule has 3 heterocycles. The zero-order chi connectivity index (χ0) is 46.9. The minimum Gasteiger partial charge on any atom is -0.456 e. The van der Waals surface area contributed by atoms with Gasteiger partial charge in [-0.05, 0) is 132 Å². The minimum atomic E-state index is -2.93. The number of hydrogen-bond donors (Lipinski definition) is 0. The molecule has 12 aromatic rings. The zero-order valence-electron chi connectivity index (χ0n) is 38.7. The van der Waals surface area contributed by atoms with Gasteiger partial charge in [-0.3, -0.25) is 0 Å². The molecule has 11 aromatic carbocycles. The van der Waals surface area contributed by atoms with Crippen molar-refractivity contribution in [1.29, 1.82) is 0 Å². The topological polar surface area (TPSA) is 16.4 Å². The van der Waals surface area contributed by atoms with Gasteiger partial charge in [0, 0.05) is 43.7 Å². The Balaban J connectivity index is 0.965. The maximum Gasteiger partial charge on any atom is 0.180 e. The van der Waals surface area contributed by atoms with Crippen molar-refractivity contribution >= 4 is 79.6 Å². The van der Waals surface area contributed by atoms with Crippen LogP contribution in [0.2, 0.25) is 0 Å². The van der Waals surface area contributed by atoms with Gasteiger partial charge in [-0.1, -0.05) is 212 Å². The monoisotopic (exact) mass is 939 g/mol. The largest absolute Gasteiger partial charge is 0.456 e. The zero-order valence-corrected chi connectivity index (χ0v) is 40.6. The first-order chi connectivity index (χ1) is 35.2. The lowest BCUT2D eigenvalue weighted by atomic mass is 9.64. The Labute approximate surface area is 419 Å². The van der Waals surface area contributed by atoms with Crippen molar-refractivity contribution in [2.45, 2.75) is 15.2 Å². The second kappa shape index (κ2) is 16.6. The van der Waals surface area contributed by atoms with Crippen LogP contribution in [-0.4, -0.2) is 8.07 Å². The molecule has 0 radical (unpaired) electrons. The van der Waals surface area contributed by atoms with Crippen LogP contribution in [0.25, 0.3) is 44.2 Å². The van der Waals surface area contributed by atoms with Crippen LogP contribution in [0, 0.1) is 0 Å². The van der Waals surface area contributed by atoms with Gasteiger partial charge in [0.05, 0.1) is 5.41 Å². The van der Waals surface area contributed by atoms with Crippen molar-refractivity contribution in [3.63, 3.8) is 0 Å². The van der Waals surface area contributed by atoms with E-state index in [1.54, 1.807) is 0 Å². The van der Waals surface area contributed by atoms with E-state index in [4.69, 9.17) is 4.42 Å². The molecule has 0 amide bonds. The third-order valence-corrected chi connectivity index (χ3v) is 21.1. The number of rotatable bonds is 7. The quantitative estimate of drug-likeness (QED) is 0.148. The van der Waals surface area contributed by atoms with Crippen LogP contribution >= 0.6 is 11.8 Å². The fourth-order valence-electron chi connectivity index (χ4n) is 12.1. The lowest BCUT2D eigenvalue weighted by Gasteiger charge is -2.51. The third kappa shape index (κ3) is 6.35. The summed E-state index contributed by atoms with van der Waals surface area (Å²) >= 11 is 1.89. The molecule has 71 heavy (non-hydrogen) atoms. The molecule has 0 unspecified atom stereocenters. The van der Waals surface area contributed by atoms with E-state index in [1.807, 2.05) is 11.8 Å². The second-order valence-corrected chi connectivity index (χ2v) is 23.5. The Kier molecular flexibility index (Phi) is 9.73. The Hall–Kier alpha value is -8.41. The summed E-state index contributed by atoms with van der Waals surface area (Å²) in [6.45, 7) is 0. The highest BCUT2D eigenvalue weighted by atomic mass is 32.2. The van der Waals surface area contributed by atoms with Crippen molar-refractivity contribution in [2.75, 3.05) is 4.90 Å². The van der Waals surface area contributed by atoms with Crippen LogP contribution in [0.5, 0.6) is 0 Å². The molecule has 2 aliphatic rings. The van der Waals surface area contributed by atoms with E-state index in [9.17, 15) is 0 Å².